The number of benzene rings is 2. The van der Waals surface area contributed by atoms with E-state index in [1.807, 2.05) is 60.4 Å². The molecule has 0 saturated carbocycles. The number of nitrogens with one attached hydrogen (secondary N) is 1. The van der Waals surface area contributed by atoms with Gasteiger partial charge in [0.15, 0.2) is 0 Å². The van der Waals surface area contributed by atoms with Crippen LogP contribution in [0.3, 0.4) is 0 Å². The summed E-state index contributed by atoms with van der Waals surface area (Å²) in [6.07, 6.45) is 1.51. The van der Waals surface area contributed by atoms with Crippen LogP contribution in [0.2, 0.25) is 0 Å². The molecular weight excluding hydrogens is 390 g/mol. The maximum absolute atomic E-state index is 12.7. The fourth-order valence-corrected chi connectivity index (χ4v) is 3.95. The Bertz CT molecular complexity index is 853. The molecule has 0 atom stereocenters. The van der Waals surface area contributed by atoms with Gasteiger partial charge in [-0.3, -0.25) is 9.59 Å². The monoisotopic (exact) mass is 423 g/mol. The highest BCUT2D eigenvalue weighted by Gasteiger charge is 2.25. The largest absolute Gasteiger partial charge is 0.494 e. The van der Waals surface area contributed by atoms with Gasteiger partial charge >= 0.3 is 0 Å². The maximum atomic E-state index is 12.7. The highest BCUT2D eigenvalue weighted by atomic mass is 16.5. The Kier molecular flexibility index (Phi) is 7.93. The van der Waals surface area contributed by atoms with Crippen molar-refractivity contribution in [3.8, 4) is 5.75 Å². The Morgan fingerprint density at radius 1 is 0.935 bits per heavy atom. The minimum atomic E-state index is -0.0533. The number of carbonyl (C=O) groups excluding carboxylic acids is 2. The summed E-state index contributed by atoms with van der Waals surface area (Å²) in [5.41, 5.74) is 2.46. The number of piperidine rings is 1. The van der Waals surface area contributed by atoms with Gasteiger partial charge in [0.05, 0.1) is 6.61 Å². The SMILES string of the molecule is CCOc1ccc(C(=O)N2CCC(NC(=O)c3ccc(N(CC)CC)cc3)CC2)cc1. The number of ether oxygens (including phenoxy) is 1. The van der Waals surface area contributed by atoms with Crippen molar-refractivity contribution >= 4 is 17.5 Å². The van der Waals surface area contributed by atoms with Gasteiger partial charge in [-0.15, -0.1) is 0 Å². The summed E-state index contributed by atoms with van der Waals surface area (Å²) in [7, 11) is 0. The number of carbonyl (C=O) groups is 2. The zero-order valence-corrected chi connectivity index (χ0v) is 18.8. The lowest BCUT2D eigenvalue weighted by molar-refractivity contribution is 0.0698. The van der Waals surface area contributed by atoms with Crippen LogP contribution in [0, 0.1) is 0 Å². The number of anilines is 1. The van der Waals surface area contributed by atoms with E-state index in [1.54, 1.807) is 0 Å². The predicted octanol–water partition coefficient (Wildman–Crippen LogP) is 3.97. The van der Waals surface area contributed by atoms with Crippen LogP contribution >= 0.6 is 0 Å². The van der Waals surface area contributed by atoms with E-state index >= 15 is 0 Å². The van der Waals surface area contributed by atoms with E-state index < -0.39 is 0 Å². The predicted molar refractivity (Wildman–Crippen MR) is 124 cm³/mol. The highest BCUT2D eigenvalue weighted by Crippen LogP contribution is 2.18. The number of hydrogen-bond acceptors (Lipinski definition) is 4. The zero-order chi connectivity index (χ0) is 22.2. The second-order valence-electron chi connectivity index (χ2n) is 7.72. The van der Waals surface area contributed by atoms with Crippen LogP contribution in [0.15, 0.2) is 48.5 Å². The fraction of sp³-hybridized carbons (Fsp3) is 0.440. The van der Waals surface area contributed by atoms with E-state index in [2.05, 4.69) is 24.1 Å². The first kappa shape index (κ1) is 22.7. The standard InChI is InChI=1S/C25H33N3O3/c1-4-27(5-2)22-11-7-19(8-12-22)24(29)26-21-15-17-28(18-16-21)25(30)20-9-13-23(14-10-20)31-6-3/h7-14,21H,4-6,15-18H2,1-3H3,(H,26,29). The molecule has 0 aliphatic carbocycles. The molecule has 0 unspecified atom stereocenters. The molecule has 1 aliphatic heterocycles. The van der Waals surface area contributed by atoms with Gasteiger partial charge in [0.2, 0.25) is 0 Å². The molecule has 2 aromatic rings. The second-order valence-corrected chi connectivity index (χ2v) is 7.72. The second kappa shape index (κ2) is 10.8. The van der Waals surface area contributed by atoms with Crippen molar-refractivity contribution in [3.05, 3.63) is 59.7 Å². The van der Waals surface area contributed by atoms with Crippen LogP contribution in [0.25, 0.3) is 0 Å². The van der Waals surface area contributed by atoms with Crippen LogP contribution in [0.1, 0.15) is 54.3 Å². The maximum Gasteiger partial charge on any atom is 0.253 e. The normalized spacial score (nSPS) is 14.2. The Morgan fingerprint density at radius 2 is 1.52 bits per heavy atom. The third-order valence-electron chi connectivity index (χ3n) is 5.79. The first-order valence-electron chi connectivity index (χ1n) is 11.2. The summed E-state index contributed by atoms with van der Waals surface area (Å²) in [5.74, 6) is 0.743. The van der Waals surface area contributed by atoms with Crippen LogP contribution in [-0.4, -0.2) is 55.5 Å². The van der Waals surface area contributed by atoms with Crippen molar-refractivity contribution in [3.63, 3.8) is 0 Å². The van der Waals surface area contributed by atoms with E-state index in [4.69, 9.17) is 4.74 Å². The van der Waals surface area contributed by atoms with E-state index in [-0.39, 0.29) is 17.9 Å². The molecule has 6 nitrogen and oxygen atoms in total. The van der Waals surface area contributed by atoms with Crippen LogP contribution < -0.4 is 15.0 Å². The molecule has 1 N–H and O–H groups in total. The van der Waals surface area contributed by atoms with Gasteiger partial charge in [0.25, 0.3) is 11.8 Å². The van der Waals surface area contributed by atoms with Crippen molar-refractivity contribution in [2.45, 2.75) is 39.7 Å². The van der Waals surface area contributed by atoms with Gasteiger partial charge in [-0.05, 0) is 82.1 Å². The van der Waals surface area contributed by atoms with E-state index in [0.29, 0.717) is 30.8 Å². The molecule has 1 aliphatic rings. The summed E-state index contributed by atoms with van der Waals surface area (Å²) < 4.78 is 5.44. The van der Waals surface area contributed by atoms with E-state index in [9.17, 15) is 9.59 Å². The third kappa shape index (κ3) is 5.78. The summed E-state index contributed by atoms with van der Waals surface area (Å²) >= 11 is 0. The molecule has 3 rings (SSSR count). The number of nitrogens with zero attached hydrogens (tertiary/aromatic N) is 2. The van der Waals surface area contributed by atoms with Crippen LogP contribution in [0.4, 0.5) is 5.69 Å². The quantitative estimate of drug-likeness (QED) is 0.698. The molecule has 1 heterocycles. The summed E-state index contributed by atoms with van der Waals surface area (Å²) in [4.78, 5) is 29.5. The average molecular weight is 424 g/mol. The average Bonchev–Trinajstić information content (AvgIpc) is 2.81. The van der Waals surface area contributed by atoms with Crippen LogP contribution in [0.5, 0.6) is 5.75 Å². The fourth-order valence-electron chi connectivity index (χ4n) is 3.95. The summed E-state index contributed by atoms with van der Waals surface area (Å²) in [6.45, 7) is 9.94. The lowest BCUT2D eigenvalue weighted by atomic mass is 10.0. The Hall–Kier alpha value is -3.02. The van der Waals surface area contributed by atoms with Crippen molar-refractivity contribution < 1.29 is 14.3 Å². The van der Waals surface area contributed by atoms with Gasteiger partial charge in [-0.2, -0.15) is 0 Å². The van der Waals surface area contributed by atoms with Crippen LogP contribution in [-0.2, 0) is 0 Å². The Labute approximate surface area is 185 Å². The smallest absolute Gasteiger partial charge is 0.253 e. The molecule has 0 aromatic heterocycles. The lowest BCUT2D eigenvalue weighted by Crippen LogP contribution is -2.46. The number of hydrogen-bond donors (Lipinski definition) is 1. The topological polar surface area (TPSA) is 61.9 Å². The highest BCUT2D eigenvalue weighted by molar-refractivity contribution is 5.95. The molecule has 2 amide bonds. The summed E-state index contributed by atoms with van der Waals surface area (Å²) in [6, 6.07) is 15.1. The van der Waals surface area contributed by atoms with Crippen molar-refractivity contribution in [2.24, 2.45) is 0 Å². The van der Waals surface area contributed by atoms with E-state index in [1.165, 1.54) is 0 Å². The number of amides is 2. The van der Waals surface area contributed by atoms with Gasteiger partial charge in [0, 0.05) is 49.0 Å². The van der Waals surface area contributed by atoms with Gasteiger partial charge in [0.1, 0.15) is 5.75 Å². The van der Waals surface area contributed by atoms with Crippen molar-refractivity contribution in [1.82, 2.24) is 10.2 Å². The third-order valence-corrected chi connectivity index (χ3v) is 5.79. The molecule has 1 saturated heterocycles. The molecule has 166 valence electrons. The number of likely N-dealkylation sites (tertiary alicyclic amines) is 1. The first-order valence-corrected chi connectivity index (χ1v) is 11.2. The van der Waals surface area contributed by atoms with Gasteiger partial charge in [-0.25, -0.2) is 0 Å². The first-order chi connectivity index (χ1) is 15.0. The van der Waals surface area contributed by atoms with Gasteiger partial charge in [-0.1, -0.05) is 0 Å². The Morgan fingerprint density at radius 3 is 2.06 bits per heavy atom. The molecule has 0 bridgehead atoms. The zero-order valence-electron chi connectivity index (χ0n) is 18.8. The van der Waals surface area contributed by atoms with E-state index in [0.717, 1.165) is 37.4 Å². The van der Waals surface area contributed by atoms with Gasteiger partial charge < -0.3 is 19.9 Å². The molecule has 2 aromatic carbocycles. The van der Waals surface area contributed by atoms with Crippen molar-refractivity contribution in [1.29, 1.82) is 0 Å². The molecular formula is C25H33N3O3. The minimum absolute atomic E-state index is 0.0276. The Balaban J connectivity index is 1.50. The molecule has 0 spiro atoms. The lowest BCUT2D eigenvalue weighted by Gasteiger charge is -2.32. The van der Waals surface area contributed by atoms with Crippen molar-refractivity contribution in [2.75, 3.05) is 37.7 Å². The summed E-state index contributed by atoms with van der Waals surface area (Å²) in [5, 5.41) is 3.13. The number of rotatable bonds is 8. The molecule has 31 heavy (non-hydrogen) atoms. The minimum Gasteiger partial charge on any atom is -0.494 e. The molecule has 6 heteroatoms. The molecule has 1 fully saturated rings. The molecule has 0 radical (unpaired) electrons.